The minimum absolute atomic E-state index is 0.798. The first kappa shape index (κ1) is 8.79. The smallest absolute Gasteiger partial charge is 0.0497 e. The van der Waals surface area contributed by atoms with Gasteiger partial charge in [0.05, 0.1) is 0 Å². The van der Waals surface area contributed by atoms with Gasteiger partial charge in [-0.15, -0.1) is 0 Å². The fourth-order valence-corrected chi connectivity index (χ4v) is 1.40. The van der Waals surface area contributed by atoms with Crippen molar-refractivity contribution in [3.05, 3.63) is 12.2 Å². The van der Waals surface area contributed by atoms with Crippen LogP contribution in [0, 0.1) is 5.92 Å². The van der Waals surface area contributed by atoms with Crippen LogP contribution in [0.5, 0.6) is 0 Å². The zero-order valence-corrected chi connectivity index (χ0v) is 7.38. The van der Waals surface area contributed by atoms with Crippen molar-refractivity contribution in [3.8, 4) is 0 Å². The van der Waals surface area contributed by atoms with E-state index in [4.69, 9.17) is 4.74 Å². The summed E-state index contributed by atoms with van der Waals surface area (Å²) < 4.78 is 5.49. The van der Waals surface area contributed by atoms with E-state index in [-0.39, 0.29) is 0 Å². The summed E-state index contributed by atoms with van der Waals surface area (Å²) in [6.07, 6.45) is 9.49. The van der Waals surface area contributed by atoms with Crippen LogP contribution >= 0.6 is 0 Å². The Kier molecular flexibility index (Phi) is 4.29. The van der Waals surface area contributed by atoms with Crippen molar-refractivity contribution >= 4 is 0 Å². The quantitative estimate of drug-likeness (QED) is 0.447. The van der Waals surface area contributed by atoms with Gasteiger partial charge in [0, 0.05) is 13.2 Å². The van der Waals surface area contributed by atoms with E-state index in [9.17, 15) is 0 Å². The van der Waals surface area contributed by atoms with E-state index in [2.05, 4.69) is 19.1 Å². The van der Waals surface area contributed by atoms with Crippen LogP contribution < -0.4 is 0 Å². The average molecular weight is 154 g/mol. The fraction of sp³-hybridized carbons (Fsp3) is 0.800. The second-order valence-electron chi connectivity index (χ2n) is 3.23. The second-order valence-corrected chi connectivity index (χ2v) is 3.23. The normalized spacial score (nSPS) is 23.9. The lowest BCUT2D eigenvalue weighted by atomic mass is 9.95. The van der Waals surface area contributed by atoms with Gasteiger partial charge in [0.25, 0.3) is 0 Å². The van der Waals surface area contributed by atoms with Gasteiger partial charge < -0.3 is 4.74 Å². The largest absolute Gasteiger partial charge is 0.381 e. The summed E-state index contributed by atoms with van der Waals surface area (Å²) in [5.41, 5.74) is 0. The third-order valence-electron chi connectivity index (χ3n) is 2.08. The molecular weight excluding hydrogens is 136 g/mol. The number of hydrogen-bond acceptors (Lipinski definition) is 1. The Labute approximate surface area is 69.4 Å². The van der Waals surface area contributed by atoms with Crippen LogP contribution in [0.25, 0.3) is 0 Å². The molecule has 0 heterocycles. The zero-order chi connectivity index (χ0) is 7.94. The highest BCUT2D eigenvalue weighted by Crippen LogP contribution is 2.17. The molecule has 0 fully saturated rings. The van der Waals surface area contributed by atoms with Crippen molar-refractivity contribution in [1.29, 1.82) is 0 Å². The Hall–Kier alpha value is -0.300. The van der Waals surface area contributed by atoms with Crippen molar-refractivity contribution in [2.75, 3.05) is 13.2 Å². The van der Waals surface area contributed by atoms with Crippen molar-refractivity contribution in [2.24, 2.45) is 5.92 Å². The molecule has 1 rings (SSSR count). The highest BCUT2D eigenvalue weighted by molar-refractivity contribution is 4.89. The van der Waals surface area contributed by atoms with E-state index < -0.39 is 0 Å². The summed E-state index contributed by atoms with van der Waals surface area (Å²) in [5.74, 6) is 0.798. The molecule has 1 heteroatoms. The number of rotatable bonds is 4. The van der Waals surface area contributed by atoms with Gasteiger partial charge >= 0.3 is 0 Å². The summed E-state index contributed by atoms with van der Waals surface area (Å²) in [4.78, 5) is 0. The summed E-state index contributed by atoms with van der Waals surface area (Å²) in [6.45, 7) is 4.05. The molecule has 0 aromatic heterocycles. The summed E-state index contributed by atoms with van der Waals surface area (Å²) in [5, 5.41) is 0. The minimum atomic E-state index is 0.798. The van der Waals surface area contributed by atoms with Crippen LogP contribution in [0.15, 0.2) is 12.2 Å². The van der Waals surface area contributed by atoms with Crippen molar-refractivity contribution < 1.29 is 4.74 Å². The van der Waals surface area contributed by atoms with Gasteiger partial charge in [-0.3, -0.25) is 0 Å². The maximum absolute atomic E-state index is 5.49. The Morgan fingerprint density at radius 3 is 3.00 bits per heavy atom. The van der Waals surface area contributed by atoms with Crippen molar-refractivity contribution in [2.45, 2.75) is 32.6 Å². The third-order valence-corrected chi connectivity index (χ3v) is 2.08. The van der Waals surface area contributed by atoms with Gasteiger partial charge in [-0.05, 0) is 31.6 Å². The maximum Gasteiger partial charge on any atom is 0.0497 e. The van der Waals surface area contributed by atoms with E-state index in [0.717, 1.165) is 25.6 Å². The molecule has 11 heavy (non-hydrogen) atoms. The zero-order valence-electron chi connectivity index (χ0n) is 7.38. The summed E-state index contributed by atoms with van der Waals surface area (Å²) in [7, 11) is 0. The Bertz CT molecular complexity index is 118. The van der Waals surface area contributed by atoms with Gasteiger partial charge in [0.15, 0.2) is 0 Å². The molecule has 1 atom stereocenters. The lowest BCUT2D eigenvalue weighted by Gasteiger charge is -2.17. The predicted molar refractivity (Wildman–Crippen MR) is 47.6 cm³/mol. The van der Waals surface area contributed by atoms with Crippen LogP contribution in [-0.4, -0.2) is 13.2 Å². The first-order chi connectivity index (χ1) is 5.43. The van der Waals surface area contributed by atoms with Crippen LogP contribution in [0.1, 0.15) is 32.6 Å². The first-order valence-electron chi connectivity index (χ1n) is 4.66. The highest BCUT2D eigenvalue weighted by atomic mass is 16.5. The molecule has 0 saturated carbocycles. The van der Waals surface area contributed by atoms with Gasteiger partial charge in [-0.2, -0.15) is 0 Å². The molecule has 0 N–H and O–H groups in total. The van der Waals surface area contributed by atoms with E-state index in [0.29, 0.717) is 0 Å². The molecular formula is C10H18O. The number of allylic oxidation sites excluding steroid dienone is 2. The van der Waals surface area contributed by atoms with Crippen molar-refractivity contribution in [1.82, 2.24) is 0 Å². The molecule has 0 amide bonds. The molecule has 1 nitrogen and oxygen atoms in total. The van der Waals surface area contributed by atoms with Crippen LogP contribution in [0.2, 0.25) is 0 Å². The molecule has 0 aliphatic heterocycles. The van der Waals surface area contributed by atoms with Gasteiger partial charge in [-0.1, -0.05) is 19.1 Å². The van der Waals surface area contributed by atoms with E-state index in [1.807, 2.05) is 0 Å². The summed E-state index contributed by atoms with van der Waals surface area (Å²) >= 11 is 0. The summed E-state index contributed by atoms with van der Waals surface area (Å²) in [6, 6.07) is 0. The van der Waals surface area contributed by atoms with Crippen LogP contribution in [0.3, 0.4) is 0 Å². The van der Waals surface area contributed by atoms with Gasteiger partial charge in [0.2, 0.25) is 0 Å². The van der Waals surface area contributed by atoms with E-state index in [1.165, 1.54) is 19.3 Å². The molecule has 0 spiro atoms. The molecule has 0 aromatic rings. The maximum atomic E-state index is 5.49. The third kappa shape index (κ3) is 3.57. The van der Waals surface area contributed by atoms with Gasteiger partial charge in [0.1, 0.15) is 0 Å². The van der Waals surface area contributed by atoms with E-state index in [1.54, 1.807) is 0 Å². The molecule has 64 valence electrons. The topological polar surface area (TPSA) is 9.23 Å². The number of hydrogen-bond donors (Lipinski definition) is 0. The monoisotopic (exact) mass is 154 g/mol. The number of ether oxygens (including phenoxy) is 1. The molecule has 1 aliphatic rings. The SMILES string of the molecule is CCCOC[C@H]1CC=CCC1. The molecule has 0 bridgehead atoms. The van der Waals surface area contributed by atoms with Crippen LogP contribution in [-0.2, 0) is 4.74 Å². The standard InChI is InChI=1S/C10H18O/c1-2-8-11-9-10-6-4-3-5-7-10/h3-4,10H,2,5-9H2,1H3/t10-/m0/s1. The van der Waals surface area contributed by atoms with Gasteiger partial charge in [-0.25, -0.2) is 0 Å². The second kappa shape index (κ2) is 5.36. The first-order valence-corrected chi connectivity index (χ1v) is 4.66. The van der Waals surface area contributed by atoms with E-state index >= 15 is 0 Å². The Balaban J connectivity index is 2.02. The fourth-order valence-electron chi connectivity index (χ4n) is 1.40. The Morgan fingerprint density at radius 2 is 2.36 bits per heavy atom. The lowest BCUT2D eigenvalue weighted by molar-refractivity contribution is 0.0966. The molecule has 0 unspecified atom stereocenters. The van der Waals surface area contributed by atoms with Crippen molar-refractivity contribution in [3.63, 3.8) is 0 Å². The molecule has 0 aromatic carbocycles. The molecule has 0 saturated heterocycles. The average Bonchev–Trinajstić information content (AvgIpc) is 2.07. The highest BCUT2D eigenvalue weighted by Gasteiger charge is 2.08. The minimum Gasteiger partial charge on any atom is -0.381 e. The lowest BCUT2D eigenvalue weighted by Crippen LogP contribution is -2.11. The Morgan fingerprint density at radius 1 is 1.45 bits per heavy atom. The molecule has 1 aliphatic carbocycles. The van der Waals surface area contributed by atoms with Crippen LogP contribution in [0.4, 0.5) is 0 Å². The molecule has 0 radical (unpaired) electrons. The predicted octanol–water partition coefficient (Wildman–Crippen LogP) is 2.77.